The predicted octanol–water partition coefficient (Wildman–Crippen LogP) is 5.87. The van der Waals surface area contributed by atoms with Gasteiger partial charge in [0.25, 0.3) is 0 Å². The Hall–Kier alpha value is -2.02. The molecular formula is C17H10BrClN2. The summed E-state index contributed by atoms with van der Waals surface area (Å²) >= 11 is 9.60. The van der Waals surface area contributed by atoms with Gasteiger partial charge in [-0.1, -0.05) is 41.9 Å². The van der Waals surface area contributed by atoms with Gasteiger partial charge in [0.15, 0.2) is 0 Å². The molecule has 21 heavy (non-hydrogen) atoms. The number of hydrogen-bond acceptors (Lipinski definition) is 2. The minimum atomic E-state index is 0.651. The van der Waals surface area contributed by atoms with Gasteiger partial charge in [0, 0.05) is 16.5 Å². The molecule has 1 N–H and O–H groups in total. The van der Waals surface area contributed by atoms with Gasteiger partial charge in [0.05, 0.1) is 26.8 Å². The molecule has 3 rings (SSSR count). The summed E-state index contributed by atoms with van der Waals surface area (Å²) in [7, 11) is 0. The molecule has 0 unspecified atom stereocenters. The van der Waals surface area contributed by atoms with Gasteiger partial charge in [-0.3, -0.25) is 0 Å². The lowest BCUT2D eigenvalue weighted by molar-refractivity contribution is 1.49. The van der Waals surface area contributed by atoms with E-state index < -0.39 is 0 Å². The first-order valence-corrected chi connectivity index (χ1v) is 7.50. The van der Waals surface area contributed by atoms with Crippen LogP contribution in [0.5, 0.6) is 0 Å². The zero-order chi connectivity index (χ0) is 14.8. The first-order chi connectivity index (χ1) is 10.2. The van der Waals surface area contributed by atoms with Crippen molar-refractivity contribution in [1.82, 2.24) is 0 Å². The Morgan fingerprint density at radius 1 is 0.905 bits per heavy atom. The average molecular weight is 358 g/mol. The van der Waals surface area contributed by atoms with Crippen LogP contribution in [0.3, 0.4) is 0 Å². The summed E-state index contributed by atoms with van der Waals surface area (Å²) in [5.41, 5.74) is 2.49. The third kappa shape index (κ3) is 2.61. The zero-order valence-corrected chi connectivity index (χ0v) is 13.2. The Bertz CT molecular complexity index is 868. The molecule has 0 bridgehead atoms. The lowest BCUT2D eigenvalue weighted by atomic mass is 10.0. The molecule has 0 saturated heterocycles. The highest BCUT2D eigenvalue weighted by Crippen LogP contribution is 2.34. The second-order valence-electron chi connectivity index (χ2n) is 4.54. The second-order valence-corrected chi connectivity index (χ2v) is 5.74. The topological polar surface area (TPSA) is 35.8 Å². The summed E-state index contributed by atoms with van der Waals surface area (Å²) in [6.07, 6.45) is 0. The van der Waals surface area contributed by atoms with Crippen LogP contribution >= 0.6 is 27.5 Å². The van der Waals surface area contributed by atoms with Crippen molar-refractivity contribution in [3.8, 4) is 6.07 Å². The van der Waals surface area contributed by atoms with Gasteiger partial charge in [0.2, 0.25) is 0 Å². The van der Waals surface area contributed by atoms with Crippen LogP contribution < -0.4 is 5.32 Å². The molecule has 3 aromatic carbocycles. The summed E-state index contributed by atoms with van der Waals surface area (Å²) in [5.74, 6) is 0. The monoisotopic (exact) mass is 356 g/mol. The Balaban J connectivity index is 2.14. The maximum Gasteiger partial charge on any atom is 0.0998 e. The van der Waals surface area contributed by atoms with Crippen molar-refractivity contribution in [3.05, 3.63) is 69.7 Å². The Morgan fingerprint density at radius 3 is 2.43 bits per heavy atom. The number of fused-ring (bicyclic) bond motifs is 1. The zero-order valence-electron chi connectivity index (χ0n) is 10.9. The molecule has 3 aromatic rings. The summed E-state index contributed by atoms with van der Waals surface area (Å²) in [5, 5.41) is 15.2. The van der Waals surface area contributed by atoms with Crippen LogP contribution in [0.4, 0.5) is 11.4 Å². The van der Waals surface area contributed by atoms with E-state index in [0.29, 0.717) is 10.6 Å². The normalized spacial score (nSPS) is 10.3. The van der Waals surface area contributed by atoms with E-state index in [1.165, 1.54) is 0 Å². The van der Waals surface area contributed by atoms with Crippen molar-refractivity contribution < 1.29 is 0 Å². The van der Waals surface area contributed by atoms with E-state index in [-0.39, 0.29) is 0 Å². The minimum absolute atomic E-state index is 0.651. The number of nitrogens with one attached hydrogen (secondary N) is 1. The predicted molar refractivity (Wildman–Crippen MR) is 91.1 cm³/mol. The lowest BCUT2D eigenvalue weighted by Crippen LogP contribution is -1.94. The van der Waals surface area contributed by atoms with E-state index in [1.807, 2.05) is 54.6 Å². The molecule has 0 aliphatic heterocycles. The molecular weight excluding hydrogens is 348 g/mol. The highest BCUT2D eigenvalue weighted by molar-refractivity contribution is 9.10. The molecule has 0 aliphatic carbocycles. The Kier molecular flexibility index (Phi) is 3.83. The summed E-state index contributed by atoms with van der Waals surface area (Å²) in [6.45, 7) is 0. The minimum Gasteiger partial charge on any atom is -0.354 e. The summed E-state index contributed by atoms with van der Waals surface area (Å²) < 4.78 is 0.820. The van der Waals surface area contributed by atoms with Crippen LogP contribution in [0.15, 0.2) is 59.1 Å². The molecule has 102 valence electrons. The second kappa shape index (κ2) is 5.77. The summed E-state index contributed by atoms with van der Waals surface area (Å²) in [6, 6.07) is 19.5. The number of halogens is 2. The molecule has 0 radical (unpaired) electrons. The highest BCUT2D eigenvalue weighted by Gasteiger charge is 2.08. The lowest BCUT2D eigenvalue weighted by Gasteiger charge is -2.12. The number of hydrogen-bond donors (Lipinski definition) is 1. The molecule has 0 aliphatic rings. The SMILES string of the molecule is N#Cc1ccc(Nc2cccc(Cl)c2Br)c2ccccc12. The van der Waals surface area contributed by atoms with E-state index in [0.717, 1.165) is 26.6 Å². The van der Waals surface area contributed by atoms with Crippen molar-refractivity contribution in [3.63, 3.8) is 0 Å². The van der Waals surface area contributed by atoms with Gasteiger partial charge in [-0.05, 0) is 40.2 Å². The van der Waals surface area contributed by atoms with Crippen molar-refractivity contribution in [2.75, 3.05) is 5.32 Å². The first kappa shape index (κ1) is 13.9. The van der Waals surface area contributed by atoms with Crippen molar-refractivity contribution in [2.45, 2.75) is 0 Å². The molecule has 0 heterocycles. The van der Waals surface area contributed by atoms with E-state index in [4.69, 9.17) is 11.6 Å². The first-order valence-electron chi connectivity index (χ1n) is 6.33. The van der Waals surface area contributed by atoms with Crippen molar-refractivity contribution >= 4 is 49.7 Å². The maximum atomic E-state index is 9.20. The summed E-state index contributed by atoms with van der Waals surface area (Å²) in [4.78, 5) is 0. The fraction of sp³-hybridized carbons (Fsp3) is 0. The van der Waals surface area contributed by atoms with E-state index in [1.54, 1.807) is 0 Å². The van der Waals surface area contributed by atoms with E-state index in [9.17, 15) is 5.26 Å². The van der Waals surface area contributed by atoms with E-state index >= 15 is 0 Å². The van der Waals surface area contributed by atoms with Crippen LogP contribution in [0.1, 0.15) is 5.56 Å². The highest BCUT2D eigenvalue weighted by atomic mass is 79.9. The van der Waals surface area contributed by atoms with Gasteiger partial charge < -0.3 is 5.32 Å². The van der Waals surface area contributed by atoms with Crippen LogP contribution in [0.25, 0.3) is 10.8 Å². The third-order valence-corrected chi connectivity index (χ3v) is 4.66. The number of rotatable bonds is 2. The number of nitriles is 1. The molecule has 0 saturated carbocycles. The fourth-order valence-corrected chi connectivity index (χ4v) is 2.79. The van der Waals surface area contributed by atoms with Gasteiger partial charge >= 0.3 is 0 Å². The molecule has 0 atom stereocenters. The third-order valence-electron chi connectivity index (χ3n) is 3.27. The molecule has 0 aromatic heterocycles. The average Bonchev–Trinajstić information content (AvgIpc) is 2.52. The van der Waals surface area contributed by atoms with Crippen LogP contribution in [-0.4, -0.2) is 0 Å². The standard InChI is InChI=1S/C17H10BrClN2/c18-17-14(19)6-3-7-16(17)21-15-9-8-11(10-20)12-4-1-2-5-13(12)15/h1-9,21H. The van der Waals surface area contributed by atoms with Gasteiger partial charge in [-0.2, -0.15) is 5.26 Å². The molecule has 0 fully saturated rings. The smallest absolute Gasteiger partial charge is 0.0998 e. The van der Waals surface area contributed by atoms with Gasteiger partial charge in [0.1, 0.15) is 0 Å². The molecule has 2 nitrogen and oxygen atoms in total. The Morgan fingerprint density at radius 2 is 1.67 bits per heavy atom. The molecule has 0 amide bonds. The van der Waals surface area contributed by atoms with Crippen LogP contribution in [-0.2, 0) is 0 Å². The quantitative estimate of drug-likeness (QED) is 0.622. The Labute approximate surface area is 136 Å². The number of benzene rings is 3. The van der Waals surface area contributed by atoms with Crippen LogP contribution in [0, 0.1) is 11.3 Å². The number of anilines is 2. The molecule has 0 spiro atoms. The van der Waals surface area contributed by atoms with E-state index in [2.05, 4.69) is 27.3 Å². The van der Waals surface area contributed by atoms with Crippen molar-refractivity contribution in [1.29, 1.82) is 5.26 Å². The maximum absolute atomic E-state index is 9.20. The molecule has 4 heteroatoms. The van der Waals surface area contributed by atoms with Crippen LogP contribution in [0.2, 0.25) is 5.02 Å². The largest absolute Gasteiger partial charge is 0.354 e. The fourth-order valence-electron chi connectivity index (χ4n) is 2.25. The van der Waals surface area contributed by atoms with Crippen molar-refractivity contribution in [2.24, 2.45) is 0 Å². The van der Waals surface area contributed by atoms with Gasteiger partial charge in [-0.25, -0.2) is 0 Å². The van der Waals surface area contributed by atoms with Gasteiger partial charge in [-0.15, -0.1) is 0 Å². The number of nitrogens with zero attached hydrogens (tertiary/aromatic N) is 1.